The Morgan fingerprint density at radius 1 is 1.42 bits per heavy atom. The van der Waals surface area contributed by atoms with Crippen molar-refractivity contribution in [2.45, 2.75) is 32.0 Å². The third-order valence-corrected chi connectivity index (χ3v) is 2.37. The third-order valence-electron chi connectivity index (χ3n) is 2.37. The standard InChI is InChI=1S/C9H20N2O/c1-4-12-8-5-6-9(10-7-8)11(2)3/h8-10H,4-7H2,1-3H3. The van der Waals surface area contributed by atoms with Crippen LogP contribution in [0.3, 0.4) is 0 Å². The summed E-state index contributed by atoms with van der Waals surface area (Å²) in [6, 6.07) is 0. The molecule has 0 aromatic rings. The first-order chi connectivity index (χ1) is 5.74. The molecule has 1 fully saturated rings. The van der Waals surface area contributed by atoms with Crippen LogP contribution in [-0.2, 0) is 4.74 Å². The number of hydrogen-bond acceptors (Lipinski definition) is 3. The van der Waals surface area contributed by atoms with Gasteiger partial charge in [0.05, 0.1) is 12.3 Å². The van der Waals surface area contributed by atoms with E-state index >= 15 is 0 Å². The summed E-state index contributed by atoms with van der Waals surface area (Å²) in [5.74, 6) is 0. The Balaban J connectivity index is 2.20. The quantitative estimate of drug-likeness (QED) is 0.677. The molecule has 1 heterocycles. The van der Waals surface area contributed by atoms with Gasteiger partial charge < -0.3 is 4.74 Å². The van der Waals surface area contributed by atoms with E-state index in [9.17, 15) is 0 Å². The highest BCUT2D eigenvalue weighted by atomic mass is 16.5. The highest BCUT2D eigenvalue weighted by Crippen LogP contribution is 2.11. The molecule has 0 saturated carbocycles. The zero-order valence-electron chi connectivity index (χ0n) is 8.34. The Morgan fingerprint density at radius 2 is 2.17 bits per heavy atom. The molecular weight excluding hydrogens is 152 g/mol. The summed E-state index contributed by atoms with van der Waals surface area (Å²) in [7, 11) is 4.22. The van der Waals surface area contributed by atoms with Gasteiger partial charge in [-0.05, 0) is 33.9 Å². The van der Waals surface area contributed by atoms with Crippen LogP contribution in [0.1, 0.15) is 19.8 Å². The van der Waals surface area contributed by atoms with Crippen molar-refractivity contribution in [3.8, 4) is 0 Å². The summed E-state index contributed by atoms with van der Waals surface area (Å²) in [6.45, 7) is 3.88. The Morgan fingerprint density at radius 3 is 2.58 bits per heavy atom. The number of piperidine rings is 1. The van der Waals surface area contributed by atoms with E-state index in [4.69, 9.17) is 4.74 Å². The number of nitrogens with one attached hydrogen (secondary N) is 1. The summed E-state index contributed by atoms with van der Waals surface area (Å²) in [4.78, 5) is 2.22. The van der Waals surface area contributed by atoms with Crippen molar-refractivity contribution in [1.82, 2.24) is 10.2 Å². The molecule has 0 aromatic carbocycles. The normalized spacial score (nSPS) is 31.0. The van der Waals surface area contributed by atoms with Gasteiger partial charge in [0, 0.05) is 13.2 Å². The zero-order valence-corrected chi connectivity index (χ0v) is 8.34. The van der Waals surface area contributed by atoms with Crippen LogP contribution in [-0.4, -0.2) is 44.4 Å². The molecule has 0 amide bonds. The zero-order chi connectivity index (χ0) is 8.97. The number of ether oxygens (including phenoxy) is 1. The molecule has 0 bridgehead atoms. The van der Waals surface area contributed by atoms with Gasteiger partial charge in [0.25, 0.3) is 0 Å². The van der Waals surface area contributed by atoms with E-state index in [0.717, 1.165) is 13.2 Å². The van der Waals surface area contributed by atoms with Crippen molar-refractivity contribution in [2.75, 3.05) is 27.2 Å². The molecule has 3 heteroatoms. The molecule has 1 N–H and O–H groups in total. The fourth-order valence-electron chi connectivity index (χ4n) is 1.63. The second kappa shape index (κ2) is 4.80. The van der Waals surface area contributed by atoms with Gasteiger partial charge in [0.15, 0.2) is 0 Å². The molecular formula is C9H20N2O. The van der Waals surface area contributed by atoms with E-state index in [0.29, 0.717) is 12.3 Å². The summed E-state index contributed by atoms with van der Waals surface area (Å²) < 4.78 is 5.53. The minimum atomic E-state index is 0.436. The van der Waals surface area contributed by atoms with Crippen LogP contribution in [0.15, 0.2) is 0 Å². The number of nitrogens with zero attached hydrogens (tertiary/aromatic N) is 1. The molecule has 2 atom stereocenters. The van der Waals surface area contributed by atoms with Crippen molar-refractivity contribution in [2.24, 2.45) is 0 Å². The lowest BCUT2D eigenvalue weighted by molar-refractivity contribution is 0.0220. The second-order valence-electron chi connectivity index (χ2n) is 3.54. The largest absolute Gasteiger partial charge is 0.377 e. The summed E-state index contributed by atoms with van der Waals surface area (Å²) in [5.41, 5.74) is 0. The lowest BCUT2D eigenvalue weighted by Gasteiger charge is -2.33. The molecule has 3 nitrogen and oxygen atoms in total. The average molecular weight is 172 g/mol. The van der Waals surface area contributed by atoms with Gasteiger partial charge >= 0.3 is 0 Å². The van der Waals surface area contributed by atoms with E-state index in [1.807, 2.05) is 0 Å². The molecule has 1 saturated heterocycles. The fourth-order valence-corrected chi connectivity index (χ4v) is 1.63. The van der Waals surface area contributed by atoms with E-state index in [-0.39, 0.29) is 0 Å². The monoisotopic (exact) mass is 172 g/mol. The van der Waals surface area contributed by atoms with Crippen molar-refractivity contribution in [3.05, 3.63) is 0 Å². The van der Waals surface area contributed by atoms with Crippen LogP contribution in [0.4, 0.5) is 0 Å². The molecule has 2 unspecified atom stereocenters. The smallest absolute Gasteiger partial charge is 0.0700 e. The van der Waals surface area contributed by atoms with E-state index < -0.39 is 0 Å². The minimum Gasteiger partial charge on any atom is -0.377 e. The molecule has 0 aliphatic carbocycles. The number of hydrogen-bond donors (Lipinski definition) is 1. The first-order valence-corrected chi connectivity index (χ1v) is 4.75. The molecule has 0 aromatic heterocycles. The SMILES string of the molecule is CCOC1CCC(N(C)C)NC1. The maximum atomic E-state index is 5.53. The Kier molecular flexibility index (Phi) is 3.98. The van der Waals surface area contributed by atoms with Crippen LogP contribution in [0.2, 0.25) is 0 Å². The van der Waals surface area contributed by atoms with Crippen LogP contribution >= 0.6 is 0 Å². The van der Waals surface area contributed by atoms with Crippen LogP contribution in [0.5, 0.6) is 0 Å². The molecule has 1 aliphatic rings. The number of rotatable bonds is 3. The maximum Gasteiger partial charge on any atom is 0.0700 e. The summed E-state index contributed by atoms with van der Waals surface area (Å²) >= 11 is 0. The predicted molar refractivity (Wildman–Crippen MR) is 50.1 cm³/mol. The molecule has 72 valence electrons. The first-order valence-electron chi connectivity index (χ1n) is 4.75. The fraction of sp³-hybridized carbons (Fsp3) is 1.00. The Hall–Kier alpha value is -0.120. The summed E-state index contributed by atoms with van der Waals surface area (Å²) in [5, 5.41) is 3.45. The predicted octanol–water partition coefficient (Wildman–Crippen LogP) is 0.663. The molecule has 1 aliphatic heterocycles. The van der Waals surface area contributed by atoms with E-state index in [1.54, 1.807) is 0 Å². The van der Waals surface area contributed by atoms with Crippen LogP contribution in [0, 0.1) is 0 Å². The highest BCUT2D eigenvalue weighted by Gasteiger charge is 2.21. The van der Waals surface area contributed by atoms with Crippen molar-refractivity contribution < 1.29 is 4.74 Å². The molecule has 1 rings (SSSR count). The Labute approximate surface area is 75.1 Å². The lowest BCUT2D eigenvalue weighted by Crippen LogP contribution is -2.49. The van der Waals surface area contributed by atoms with Crippen LogP contribution < -0.4 is 5.32 Å². The van der Waals surface area contributed by atoms with Gasteiger partial charge in [-0.2, -0.15) is 0 Å². The molecule has 0 radical (unpaired) electrons. The first kappa shape index (κ1) is 9.96. The summed E-state index contributed by atoms with van der Waals surface area (Å²) in [6.07, 6.45) is 3.36. The van der Waals surface area contributed by atoms with E-state index in [2.05, 4.69) is 31.2 Å². The average Bonchev–Trinajstić information content (AvgIpc) is 2.06. The maximum absolute atomic E-state index is 5.53. The molecule has 0 spiro atoms. The topological polar surface area (TPSA) is 24.5 Å². The van der Waals surface area contributed by atoms with Gasteiger partial charge in [-0.1, -0.05) is 0 Å². The Bertz CT molecular complexity index is 120. The van der Waals surface area contributed by atoms with E-state index in [1.165, 1.54) is 12.8 Å². The van der Waals surface area contributed by atoms with Gasteiger partial charge in [0.1, 0.15) is 0 Å². The third kappa shape index (κ3) is 2.73. The van der Waals surface area contributed by atoms with Crippen molar-refractivity contribution in [3.63, 3.8) is 0 Å². The van der Waals surface area contributed by atoms with Gasteiger partial charge in [-0.3, -0.25) is 10.2 Å². The van der Waals surface area contributed by atoms with Gasteiger partial charge in [0.2, 0.25) is 0 Å². The highest BCUT2D eigenvalue weighted by molar-refractivity contribution is 4.76. The van der Waals surface area contributed by atoms with Gasteiger partial charge in [-0.25, -0.2) is 0 Å². The lowest BCUT2D eigenvalue weighted by atomic mass is 10.1. The minimum absolute atomic E-state index is 0.436. The van der Waals surface area contributed by atoms with Crippen molar-refractivity contribution in [1.29, 1.82) is 0 Å². The van der Waals surface area contributed by atoms with Gasteiger partial charge in [-0.15, -0.1) is 0 Å². The van der Waals surface area contributed by atoms with Crippen molar-refractivity contribution >= 4 is 0 Å². The second-order valence-corrected chi connectivity index (χ2v) is 3.54. The molecule has 12 heavy (non-hydrogen) atoms. The van der Waals surface area contributed by atoms with Crippen LogP contribution in [0.25, 0.3) is 0 Å².